The summed E-state index contributed by atoms with van der Waals surface area (Å²) in [6, 6.07) is 23.3. The number of hydrogen-bond donors (Lipinski definition) is 1. The van der Waals surface area contributed by atoms with Gasteiger partial charge < -0.3 is 15.0 Å². The normalized spacial score (nSPS) is 14.0. The standard InChI is InChI=1S/C27H27N5O3/c1-27(2,3)35-26(34)31-16-20(17-31)28-25(33)22-15-24-29-21(18-10-6-4-7-11-18)14-23(32(24)30-22)19-12-8-5-9-13-19/h4-15,20H,16-17H2,1-3H3,(H,28,33). The van der Waals surface area contributed by atoms with Crippen LogP contribution in [-0.2, 0) is 4.74 Å². The van der Waals surface area contributed by atoms with Crippen molar-refractivity contribution >= 4 is 17.6 Å². The smallest absolute Gasteiger partial charge is 0.410 e. The van der Waals surface area contributed by atoms with E-state index in [1.54, 1.807) is 15.5 Å². The molecule has 3 heterocycles. The van der Waals surface area contributed by atoms with Crippen LogP contribution in [0.5, 0.6) is 0 Å². The molecule has 2 aromatic heterocycles. The molecule has 8 heteroatoms. The van der Waals surface area contributed by atoms with E-state index < -0.39 is 5.60 Å². The fraction of sp³-hybridized carbons (Fsp3) is 0.259. The Labute approximate surface area is 203 Å². The third-order valence-corrected chi connectivity index (χ3v) is 5.67. The number of carbonyl (C=O) groups excluding carboxylic acids is 2. The number of hydrogen-bond acceptors (Lipinski definition) is 5. The minimum atomic E-state index is -0.552. The van der Waals surface area contributed by atoms with Gasteiger partial charge in [0, 0.05) is 30.3 Å². The Bertz CT molecular complexity index is 1370. The molecule has 0 aliphatic carbocycles. The monoisotopic (exact) mass is 469 g/mol. The van der Waals surface area contributed by atoms with Gasteiger partial charge in [0.1, 0.15) is 5.60 Å². The molecule has 0 radical (unpaired) electrons. The van der Waals surface area contributed by atoms with Gasteiger partial charge in [-0.25, -0.2) is 14.3 Å². The summed E-state index contributed by atoms with van der Waals surface area (Å²) >= 11 is 0. The molecular weight excluding hydrogens is 442 g/mol. The molecule has 0 atom stereocenters. The average molecular weight is 470 g/mol. The summed E-state index contributed by atoms with van der Waals surface area (Å²) in [5.41, 5.74) is 3.90. The Balaban J connectivity index is 1.39. The number of fused-ring (bicyclic) bond motifs is 1. The molecule has 8 nitrogen and oxygen atoms in total. The maximum atomic E-state index is 13.0. The minimum absolute atomic E-state index is 0.152. The van der Waals surface area contributed by atoms with Crippen molar-refractivity contribution in [2.24, 2.45) is 0 Å². The van der Waals surface area contributed by atoms with Crippen molar-refractivity contribution in [3.63, 3.8) is 0 Å². The van der Waals surface area contributed by atoms with Crippen LogP contribution in [0.3, 0.4) is 0 Å². The van der Waals surface area contributed by atoms with Crippen molar-refractivity contribution < 1.29 is 14.3 Å². The van der Waals surface area contributed by atoms with Crippen molar-refractivity contribution in [1.29, 1.82) is 0 Å². The van der Waals surface area contributed by atoms with Crippen LogP contribution in [-0.4, -0.2) is 56.2 Å². The third kappa shape index (κ3) is 4.87. The Hall–Kier alpha value is -4.20. The summed E-state index contributed by atoms with van der Waals surface area (Å²) in [6.45, 7) is 6.29. The Morgan fingerprint density at radius 2 is 1.57 bits per heavy atom. The van der Waals surface area contributed by atoms with E-state index in [1.807, 2.05) is 87.5 Å². The number of amides is 2. The van der Waals surface area contributed by atoms with Gasteiger partial charge in [0.2, 0.25) is 0 Å². The summed E-state index contributed by atoms with van der Waals surface area (Å²) in [5, 5.41) is 7.53. The van der Waals surface area contributed by atoms with E-state index in [0.717, 1.165) is 22.5 Å². The minimum Gasteiger partial charge on any atom is -0.444 e. The summed E-state index contributed by atoms with van der Waals surface area (Å²) in [6.07, 6.45) is -0.374. The van der Waals surface area contributed by atoms with E-state index >= 15 is 0 Å². The molecule has 1 aliphatic rings. The topological polar surface area (TPSA) is 88.8 Å². The summed E-state index contributed by atoms with van der Waals surface area (Å²) < 4.78 is 7.07. The molecule has 1 N–H and O–H groups in total. The molecule has 0 saturated carbocycles. The summed E-state index contributed by atoms with van der Waals surface area (Å²) in [7, 11) is 0. The molecule has 0 spiro atoms. The molecule has 1 saturated heterocycles. The number of carbonyl (C=O) groups is 2. The van der Waals surface area contributed by atoms with Gasteiger partial charge >= 0.3 is 6.09 Å². The highest BCUT2D eigenvalue weighted by atomic mass is 16.6. The number of nitrogens with zero attached hydrogens (tertiary/aromatic N) is 4. The molecule has 5 rings (SSSR count). The van der Waals surface area contributed by atoms with Crippen LogP contribution in [0.2, 0.25) is 0 Å². The number of nitrogens with one attached hydrogen (secondary N) is 1. The molecule has 1 fully saturated rings. The third-order valence-electron chi connectivity index (χ3n) is 5.67. The first-order valence-electron chi connectivity index (χ1n) is 11.6. The van der Waals surface area contributed by atoms with Crippen molar-refractivity contribution in [3.8, 4) is 22.5 Å². The number of benzene rings is 2. The van der Waals surface area contributed by atoms with Crippen LogP contribution in [0.1, 0.15) is 31.3 Å². The van der Waals surface area contributed by atoms with Crippen molar-refractivity contribution in [2.75, 3.05) is 13.1 Å². The summed E-state index contributed by atoms with van der Waals surface area (Å²) in [5.74, 6) is -0.301. The molecule has 0 unspecified atom stereocenters. The zero-order chi connectivity index (χ0) is 24.6. The lowest BCUT2D eigenvalue weighted by molar-refractivity contribution is 0.00531. The first kappa shape index (κ1) is 22.6. The van der Waals surface area contributed by atoms with Gasteiger partial charge in [0.05, 0.1) is 17.4 Å². The van der Waals surface area contributed by atoms with E-state index in [9.17, 15) is 9.59 Å². The van der Waals surface area contributed by atoms with Crippen LogP contribution >= 0.6 is 0 Å². The van der Waals surface area contributed by atoms with Crippen molar-refractivity contribution in [3.05, 3.63) is 78.5 Å². The SMILES string of the molecule is CC(C)(C)OC(=O)N1CC(NC(=O)c2cc3nc(-c4ccccc4)cc(-c4ccccc4)n3n2)C1. The van der Waals surface area contributed by atoms with Crippen molar-refractivity contribution in [1.82, 2.24) is 24.8 Å². The lowest BCUT2D eigenvalue weighted by atomic mass is 10.1. The van der Waals surface area contributed by atoms with Crippen LogP contribution in [0.4, 0.5) is 4.79 Å². The van der Waals surface area contributed by atoms with Gasteiger partial charge in [-0.2, -0.15) is 5.10 Å². The van der Waals surface area contributed by atoms with Gasteiger partial charge in [0.15, 0.2) is 11.3 Å². The largest absolute Gasteiger partial charge is 0.444 e. The summed E-state index contributed by atoms with van der Waals surface area (Å²) in [4.78, 5) is 31.5. The van der Waals surface area contributed by atoms with Crippen LogP contribution in [0.25, 0.3) is 28.2 Å². The second-order valence-corrected chi connectivity index (χ2v) is 9.61. The highest BCUT2D eigenvalue weighted by Gasteiger charge is 2.35. The zero-order valence-electron chi connectivity index (χ0n) is 19.9. The van der Waals surface area contributed by atoms with Gasteiger partial charge in [0.25, 0.3) is 5.91 Å². The molecule has 2 amide bonds. The van der Waals surface area contributed by atoms with Gasteiger partial charge in [-0.1, -0.05) is 60.7 Å². The quantitative estimate of drug-likeness (QED) is 0.478. The molecule has 4 aromatic rings. The number of ether oxygens (including phenoxy) is 1. The van der Waals surface area contributed by atoms with E-state index in [1.165, 1.54) is 0 Å². The van der Waals surface area contributed by atoms with Gasteiger partial charge in [-0.05, 0) is 26.8 Å². The molecular formula is C27H27N5O3. The first-order chi connectivity index (χ1) is 16.8. The van der Waals surface area contributed by atoms with E-state index in [-0.39, 0.29) is 23.7 Å². The number of rotatable bonds is 4. The Morgan fingerprint density at radius 1 is 0.943 bits per heavy atom. The van der Waals surface area contributed by atoms with Gasteiger partial charge in [-0.15, -0.1) is 0 Å². The lowest BCUT2D eigenvalue weighted by Gasteiger charge is -2.39. The van der Waals surface area contributed by atoms with Crippen molar-refractivity contribution in [2.45, 2.75) is 32.4 Å². The van der Waals surface area contributed by atoms with E-state index in [0.29, 0.717) is 18.7 Å². The highest BCUT2D eigenvalue weighted by Crippen LogP contribution is 2.26. The van der Waals surface area contributed by atoms with E-state index in [4.69, 9.17) is 9.72 Å². The van der Waals surface area contributed by atoms with E-state index in [2.05, 4.69) is 10.4 Å². The first-order valence-corrected chi connectivity index (χ1v) is 11.6. The fourth-order valence-electron chi connectivity index (χ4n) is 3.96. The lowest BCUT2D eigenvalue weighted by Crippen LogP contribution is -2.61. The van der Waals surface area contributed by atoms with Crippen LogP contribution in [0, 0.1) is 0 Å². The predicted molar refractivity (Wildman–Crippen MR) is 133 cm³/mol. The maximum absolute atomic E-state index is 13.0. The predicted octanol–water partition coefficient (Wildman–Crippen LogP) is 4.41. The molecule has 35 heavy (non-hydrogen) atoms. The second-order valence-electron chi connectivity index (χ2n) is 9.61. The molecule has 2 aromatic carbocycles. The molecule has 178 valence electrons. The number of likely N-dealkylation sites (tertiary alicyclic amines) is 1. The highest BCUT2D eigenvalue weighted by molar-refractivity contribution is 5.94. The molecule has 0 bridgehead atoms. The Morgan fingerprint density at radius 3 is 2.20 bits per heavy atom. The van der Waals surface area contributed by atoms with Crippen LogP contribution in [0.15, 0.2) is 72.8 Å². The molecule has 1 aliphatic heterocycles. The zero-order valence-corrected chi connectivity index (χ0v) is 19.9. The average Bonchev–Trinajstić information content (AvgIpc) is 3.25. The van der Waals surface area contributed by atoms with Gasteiger partial charge in [-0.3, -0.25) is 4.79 Å². The maximum Gasteiger partial charge on any atom is 0.410 e. The fourth-order valence-corrected chi connectivity index (χ4v) is 3.96. The second kappa shape index (κ2) is 8.87. The van der Waals surface area contributed by atoms with Crippen LogP contribution < -0.4 is 5.32 Å². The number of aromatic nitrogens is 3. The Kier molecular flexibility index (Phi) is 5.72.